The summed E-state index contributed by atoms with van der Waals surface area (Å²) in [5.41, 5.74) is 0.638. The Kier molecular flexibility index (Phi) is 6.23. The van der Waals surface area contributed by atoms with Crippen LogP contribution in [0.3, 0.4) is 0 Å². The maximum absolute atomic E-state index is 11.8. The van der Waals surface area contributed by atoms with Crippen LogP contribution in [0, 0.1) is 0 Å². The van der Waals surface area contributed by atoms with Gasteiger partial charge in [0.2, 0.25) is 0 Å². The van der Waals surface area contributed by atoms with Gasteiger partial charge in [0, 0.05) is 0 Å². The van der Waals surface area contributed by atoms with Crippen molar-refractivity contribution in [1.29, 1.82) is 0 Å². The number of phenols is 2. The molecule has 0 aromatic heterocycles. The Balaban J connectivity index is 2.61. The van der Waals surface area contributed by atoms with Gasteiger partial charge in [-0.1, -0.05) is 6.07 Å². The minimum Gasteiger partial charge on any atom is -0.504 e. The molecule has 20 heavy (non-hydrogen) atoms. The molecular weight excluding hydrogens is 266 g/mol. The predicted octanol–water partition coefficient (Wildman–Crippen LogP) is -0.875. The predicted molar refractivity (Wildman–Crippen MR) is 70.4 cm³/mol. The molecule has 7 heteroatoms. The number of nitrogens with one attached hydrogen (secondary N) is 1. The fourth-order valence-corrected chi connectivity index (χ4v) is 1.57. The quantitative estimate of drug-likeness (QED) is 0.326. The van der Waals surface area contributed by atoms with E-state index in [0.717, 1.165) is 0 Å². The molecule has 1 rings (SSSR count). The van der Waals surface area contributed by atoms with Crippen LogP contribution in [-0.2, 0) is 16.0 Å². The standard InChI is InChI=1S/C13H19NO6/c1-14-10(13(19)20-7-9(16)6-15)4-8-2-3-11(17)12(18)5-8/h2-3,5,9-10,14-18H,4,6-7H2,1H3/t9-,10-/m0/s1. The largest absolute Gasteiger partial charge is 0.504 e. The van der Waals surface area contributed by atoms with Crippen molar-refractivity contribution in [3.63, 3.8) is 0 Å². The highest BCUT2D eigenvalue weighted by molar-refractivity contribution is 5.76. The molecule has 0 radical (unpaired) electrons. The number of carbonyl (C=O) groups excluding carboxylic acids is 1. The molecule has 0 bridgehead atoms. The average Bonchev–Trinajstić information content (AvgIpc) is 2.45. The van der Waals surface area contributed by atoms with Gasteiger partial charge >= 0.3 is 5.97 Å². The second-order valence-electron chi connectivity index (χ2n) is 4.33. The Hall–Kier alpha value is -1.83. The zero-order valence-corrected chi connectivity index (χ0v) is 11.1. The number of phenolic OH excluding ortho intramolecular Hbond substituents is 2. The summed E-state index contributed by atoms with van der Waals surface area (Å²) >= 11 is 0. The van der Waals surface area contributed by atoms with Crippen LogP contribution in [0.5, 0.6) is 11.5 Å². The van der Waals surface area contributed by atoms with Crippen LogP contribution in [0.15, 0.2) is 18.2 Å². The van der Waals surface area contributed by atoms with Gasteiger partial charge in [-0.2, -0.15) is 0 Å². The van der Waals surface area contributed by atoms with E-state index in [-0.39, 0.29) is 24.5 Å². The lowest BCUT2D eigenvalue weighted by Gasteiger charge is -2.16. The number of aliphatic hydroxyl groups is 2. The first-order valence-corrected chi connectivity index (χ1v) is 6.11. The summed E-state index contributed by atoms with van der Waals surface area (Å²) in [6, 6.07) is 3.60. The third-order valence-corrected chi connectivity index (χ3v) is 2.74. The summed E-state index contributed by atoms with van der Waals surface area (Å²) in [5.74, 6) is -1.07. The van der Waals surface area contributed by atoms with Gasteiger partial charge in [0.15, 0.2) is 11.5 Å². The van der Waals surface area contributed by atoms with E-state index in [9.17, 15) is 15.0 Å². The van der Waals surface area contributed by atoms with E-state index >= 15 is 0 Å². The Morgan fingerprint density at radius 2 is 2.05 bits per heavy atom. The van der Waals surface area contributed by atoms with E-state index in [1.165, 1.54) is 12.1 Å². The van der Waals surface area contributed by atoms with Gasteiger partial charge in [0.25, 0.3) is 0 Å². The van der Waals surface area contributed by atoms with Crippen LogP contribution in [0.1, 0.15) is 5.56 Å². The second-order valence-corrected chi connectivity index (χ2v) is 4.33. The fourth-order valence-electron chi connectivity index (χ4n) is 1.57. The molecule has 0 aliphatic carbocycles. The van der Waals surface area contributed by atoms with Crippen molar-refractivity contribution in [3.8, 4) is 11.5 Å². The highest BCUT2D eigenvalue weighted by atomic mass is 16.5. The first-order chi connectivity index (χ1) is 9.47. The monoisotopic (exact) mass is 285 g/mol. The minimum absolute atomic E-state index is 0.233. The van der Waals surface area contributed by atoms with Gasteiger partial charge in [0.05, 0.1) is 6.61 Å². The third kappa shape index (κ3) is 4.69. The average molecular weight is 285 g/mol. The first-order valence-electron chi connectivity index (χ1n) is 6.11. The SMILES string of the molecule is CN[C@@H](Cc1ccc(O)c(O)c1)C(=O)OC[C@@H](O)CO. The topological polar surface area (TPSA) is 119 Å². The van der Waals surface area contributed by atoms with Crippen molar-refractivity contribution >= 4 is 5.97 Å². The number of aliphatic hydroxyl groups excluding tert-OH is 2. The van der Waals surface area contributed by atoms with E-state index in [2.05, 4.69) is 5.32 Å². The van der Waals surface area contributed by atoms with Crippen molar-refractivity contribution in [2.24, 2.45) is 0 Å². The number of carbonyl (C=O) groups is 1. The van der Waals surface area contributed by atoms with Crippen LogP contribution in [-0.4, -0.2) is 58.8 Å². The Morgan fingerprint density at radius 3 is 2.60 bits per heavy atom. The molecule has 0 aliphatic heterocycles. The van der Waals surface area contributed by atoms with E-state index in [1.807, 2.05) is 0 Å². The van der Waals surface area contributed by atoms with Crippen LogP contribution >= 0.6 is 0 Å². The van der Waals surface area contributed by atoms with Crippen LogP contribution in [0.4, 0.5) is 0 Å². The molecule has 1 aromatic carbocycles. The summed E-state index contributed by atoms with van der Waals surface area (Å²) in [4.78, 5) is 11.8. The van der Waals surface area contributed by atoms with Crippen LogP contribution in [0.25, 0.3) is 0 Å². The molecule has 0 spiro atoms. The lowest BCUT2D eigenvalue weighted by molar-refractivity contribution is -0.149. The molecule has 5 N–H and O–H groups in total. The van der Waals surface area contributed by atoms with Gasteiger partial charge in [-0.25, -0.2) is 0 Å². The number of rotatable bonds is 7. The smallest absolute Gasteiger partial charge is 0.323 e. The normalized spacial score (nSPS) is 13.8. The molecule has 0 fully saturated rings. The van der Waals surface area contributed by atoms with Gasteiger partial charge in [-0.3, -0.25) is 4.79 Å². The molecule has 7 nitrogen and oxygen atoms in total. The van der Waals surface area contributed by atoms with E-state index in [0.29, 0.717) is 5.56 Å². The zero-order valence-electron chi connectivity index (χ0n) is 11.1. The number of benzene rings is 1. The number of hydrogen-bond acceptors (Lipinski definition) is 7. The molecule has 1 aromatic rings. The molecule has 0 aliphatic rings. The van der Waals surface area contributed by atoms with Crippen molar-refractivity contribution < 1.29 is 30.0 Å². The number of esters is 1. The van der Waals surface area contributed by atoms with Gasteiger partial charge in [-0.15, -0.1) is 0 Å². The summed E-state index contributed by atoms with van der Waals surface area (Å²) in [5, 5.41) is 39.1. The van der Waals surface area contributed by atoms with Crippen LogP contribution < -0.4 is 5.32 Å². The van der Waals surface area contributed by atoms with Crippen molar-refractivity contribution in [3.05, 3.63) is 23.8 Å². The molecule has 112 valence electrons. The molecule has 0 amide bonds. The second kappa shape index (κ2) is 7.68. The molecule has 0 unspecified atom stereocenters. The maximum atomic E-state index is 11.8. The van der Waals surface area contributed by atoms with E-state index in [1.54, 1.807) is 13.1 Å². The van der Waals surface area contributed by atoms with Gasteiger partial charge in [0.1, 0.15) is 18.8 Å². The molecule has 0 saturated carbocycles. The Morgan fingerprint density at radius 1 is 1.35 bits per heavy atom. The van der Waals surface area contributed by atoms with E-state index < -0.39 is 24.7 Å². The maximum Gasteiger partial charge on any atom is 0.323 e. The molecule has 0 heterocycles. The summed E-state index contributed by atoms with van der Waals surface area (Å²) < 4.78 is 4.85. The Bertz CT molecular complexity index is 450. The third-order valence-electron chi connectivity index (χ3n) is 2.74. The zero-order chi connectivity index (χ0) is 15.1. The lowest BCUT2D eigenvalue weighted by atomic mass is 10.1. The first kappa shape index (κ1) is 16.2. The van der Waals surface area contributed by atoms with Crippen molar-refractivity contribution in [1.82, 2.24) is 5.32 Å². The number of hydrogen-bond donors (Lipinski definition) is 5. The van der Waals surface area contributed by atoms with Gasteiger partial charge in [-0.05, 0) is 31.2 Å². The number of likely N-dealkylation sites (N-methyl/N-ethyl adjacent to an activating group) is 1. The molecule has 0 saturated heterocycles. The minimum atomic E-state index is -1.10. The van der Waals surface area contributed by atoms with Crippen molar-refractivity contribution in [2.75, 3.05) is 20.3 Å². The Labute approximate surface area is 116 Å². The fraction of sp³-hybridized carbons (Fsp3) is 0.462. The van der Waals surface area contributed by atoms with Crippen LogP contribution in [0.2, 0.25) is 0 Å². The molecule has 2 atom stereocenters. The summed E-state index contributed by atoms with van der Waals surface area (Å²) in [6.07, 6.45) is -0.854. The number of ether oxygens (including phenoxy) is 1. The summed E-state index contributed by atoms with van der Waals surface area (Å²) in [6.45, 7) is -0.766. The molecular formula is C13H19NO6. The number of aromatic hydroxyl groups is 2. The van der Waals surface area contributed by atoms with E-state index in [4.69, 9.17) is 14.9 Å². The highest BCUT2D eigenvalue weighted by Crippen LogP contribution is 2.25. The highest BCUT2D eigenvalue weighted by Gasteiger charge is 2.20. The van der Waals surface area contributed by atoms with Crippen molar-refractivity contribution in [2.45, 2.75) is 18.6 Å². The van der Waals surface area contributed by atoms with Gasteiger partial charge < -0.3 is 30.5 Å². The lowest BCUT2D eigenvalue weighted by Crippen LogP contribution is -2.39. The summed E-state index contributed by atoms with van der Waals surface area (Å²) in [7, 11) is 1.58.